The van der Waals surface area contributed by atoms with Crippen LogP contribution in [0.4, 0.5) is 0 Å². The van der Waals surface area contributed by atoms with Crippen molar-refractivity contribution >= 4 is 15.9 Å². The van der Waals surface area contributed by atoms with Crippen molar-refractivity contribution < 1.29 is 17.9 Å². The van der Waals surface area contributed by atoms with E-state index in [1.165, 1.54) is 26.2 Å². The predicted molar refractivity (Wildman–Crippen MR) is 92.6 cm³/mol. The summed E-state index contributed by atoms with van der Waals surface area (Å²) in [5, 5.41) is 2.72. The van der Waals surface area contributed by atoms with Gasteiger partial charge in [-0.1, -0.05) is 0 Å². The van der Waals surface area contributed by atoms with E-state index in [0.29, 0.717) is 12.3 Å². The molecule has 136 valence electrons. The summed E-state index contributed by atoms with van der Waals surface area (Å²) in [7, 11) is -2.27. The molecule has 0 aliphatic rings. The zero-order chi connectivity index (χ0) is 18.3. The third-order valence-electron chi connectivity index (χ3n) is 3.55. The number of ether oxygens (including phenoxy) is 1. The number of aryl methyl sites for hydroxylation is 1. The zero-order valence-electron chi connectivity index (χ0n) is 14.2. The number of benzene rings is 1. The third-order valence-corrected chi connectivity index (χ3v) is 5.10. The number of carbonyl (C=O) groups is 1. The summed E-state index contributed by atoms with van der Waals surface area (Å²) in [5.41, 5.74) is 0. The van der Waals surface area contributed by atoms with Crippen molar-refractivity contribution in [2.24, 2.45) is 0 Å². The molecule has 0 unspecified atom stereocenters. The van der Waals surface area contributed by atoms with Crippen molar-refractivity contribution in [1.82, 2.24) is 19.6 Å². The van der Waals surface area contributed by atoms with Gasteiger partial charge in [0.25, 0.3) is 0 Å². The smallest absolute Gasteiger partial charge is 0.241 e. The highest BCUT2D eigenvalue weighted by molar-refractivity contribution is 7.89. The van der Waals surface area contributed by atoms with Crippen LogP contribution in [-0.2, 0) is 21.4 Å². The minimum atomic E-state index is -3.77. The van der Waals surface area contributed by atoms with Gasteiger partial charge in [0.1, 0.15) is 5.75 Å². The Balaban J connectivity index is 1.82. The van der Waals surface area contributed by atoms with Crippen molar-refractivity contribution in [2.75, 3.05) is 13.7 Å². The van der Waals surface area contributed by atoms with E-state index in [0.717, 1.165) is 13.0 Å². The largest absolute Gasteiger partial charge is 0.497 e. The van der Waals surface area contributed by atoms with Crippen LogP contribution in [0.3, 0.4) is 0 Å². The monoisotopic (exact) mass is 366 g/mol. The maximum Gasteiger partial charge on any atom is 0.241 e. The summed E-state index contributed by atoms with van der Waals surface area (Å²) in [6, 6.07) is 5.08. The van der Waals surface area contributed by atoms with E-state index < -0.39 is 16.1 Å². The fraction of sp³-hybridized carbons (Fsp3) is 0.375. The van der Waals surface area contributed by atoms with Crippen molar-refractivity contribution in [3.05, 3.63) is 43.0 Å². The first-order chi connectivity index (χ1) is 11.9. The van der Waals surface area contributed by atoms with Gasteiger partial charge in [0.15, 0.2) is 0 Å². The molecule has 2 N–H and O–H groups in total. The minimum Gasteiger partial charge on any atom is -0.497 e. The number of rotatable bonds is 9. The Morgan fingerprint density at radius 1 is 1.32 bits per heavy atom. The molecule has 0 radical (unpaired) electrons. The number of aromatic nitrogens is 2. The molecular formula is C16H22N4O4S. The summed E-state index contributed by atoms with van der Waals surface area (Å²) in [6.07, 6.45) is 5.95. The SMILES string of the molecule is COc1ccc(S(=O)(=O)N[C@H](C)C(=O)NCCCn2ccnc2)cc1. The second-order valence-corrected chi connectivity index (χ2v) is 7.18. The number of sulfonamides is 1. The van der Waals surface area contributed by atoms with E-state index in [1.54, 1.807) is 24.7 Å². The van der Waals surface area contributed by atoms with Crippen LogP contribution in [0.15, 0.2) is 47.9 Å². The van der Waals surface area contributed by atoms with E-state index in [4.69, 9.17) is 4.74 Å². The van der Waals surface area contributed by atoms with Crippen molar-refractivity contribution in [2.45, 2.75) is 30.8 Å². The van der Waals surface area contributed by atoms with Gasteiger partial charge in [-0.25, -0.2) is 13.4 Å². The lowest BCUT2D eigenvalue weighted by atomic mass is 10.3. The zero-order valence-corrected chi connectivity index (χ0v) is 15.0. The van der Waals surface area contributed by atoms with E-state index in [9.17, 15) is 13.2 Å². The molecule has 0 spiro atoms. The Morgan fingerprint density at radius 2 is 2.04 bits per heavy atom. The minimum absolute atomic E-state index is 0.0769. The third kappa shape index (κ3) is 5.57. The molecule has 1 aromatic heterocycles. The standard InChI is InChI=1S/C16H22N4O4S/c1-13(16(21)18-8-3-10-20-11-9-17-12-20)19-25(22,23)15-6-4-14(24-2)5-7-15/h4-7,9,11-13,19H,3,8,10H2,1-2H3,(H,18,21)/t13-/m1/s1. The summed E-state index contributed by atoms with van der Waals surface area (Å²) in [4.78, 5) is 16.0. The lowest BCUT2D eigenvalue weighted by Gasteiger charge is -2.14. The molecule has 0 fully saturated rings. The van der Waals surface area contributed by atoms with Gasteiger partial charge in [0, 0.05) is 25.5 Å². The van der Waals surface area contributed by atoms with Gasteiger partial charge in [-0.2, -0.15) is 4.72 Å². The summed E-state index contributed by atoms with van der Waals surface area (Å²) < 4.78 is 33.9. The first-order valence-electron chi connectivity index (χ1n) is 7.82. The van der Waals surface area contributed by atoms with Crippen LogP contribution in [0.5, 0.6) is 5.75 Å². The average Bonchev–Trinajstić information content (AvgIpc) is 3.11. The van der Waals surface area contributed by atoms with Gasteiger partial charge in [-0.15, -0.1) is 0 Å². The molecule has 0 saturated carbocycles. The summed E-state index contributed by atoms with van der Waals surface area (Å²) >= 11 is 0. The quantitative estimate of drug-likeness (QED) is 0.638. The molecule has 8 nitrogen and oxygen atoms in total. The number of imidazole rings is 1. The summed E-state index contributed by atoms with van der Waals surface area (Å²) in [6.45, 7) is 2.68. The number of methoxy groups -OCH3 is 1. The van der Waals surface area contributed by atoms with E-state index in [-0.39, 0.29) is 10.8 Å². The van der Waals surface area contributed by atoms with Crippen LogP contribution in [0.1, 0.15) is 13.3 Å². The van der Waals surface area contributed by atoms with Crippen LogP contribution in [0.25, 0.3) is 0 Å². The van der Waals surface area contributed by atoms with Gasteiger partial charge < -0.3 is 14.6 Å². The number of amides is 1. The Morgan fingerprint density at radius 3 is 2.64 bits per heavy atom. The molecular weight excluding hydrogens is 344 g/mol. The maximum atomic E-state index is 12.3. The first-order valence-corrected chi connectivity index (χ1v) is 9.30. The van der Waals surface area contributed by atoms with Gasteiger partial charge in [-0.3, -0.25) is 4.79 Å². The van der Waals surface area contributed by atoms with E-state index in [2.05, 4.69) is 15.0 Å². The van der Waals surface area contributed by atoms with E-state index in [1.807, 2.05) is 10.8 Å². The van der Waals surface area contributed by atoms with Crippen molar-refractivity contribution in [3.8, 4) is 5.75 Å². The van der Waals surface area contributed by atoms with Gasteiger partial charge >= 0.3 is 0 Å². The lowest BCUT2D eigenvalue weighted by Crippen LogP contribution is -2.45. The number of nitrogens with zero attached hydrogens (tertiary/aromatic N) is 2. The normalized spacial score (nSPS) is 12.6. The molecule has 2 aromatic rings. The average molecular weight is 366 g/mol. The molecule has 1 amide bonds. The second-order valence-electron chi connectivity index (χ2n) is 5.46. The Hall–Kier alpha value is -2.39. The highest BCUT2D eigenvalue weighted by Crippen LogP contribution is 2.15. The molecule has 0 aliphatic carbocycles. The molecule has 0 aliphatic heterocycles. The van der Waals surface area contributed by atoms with Crippen molar-refractivity contribution in [1.29, 1.82) is 0 Å². The first kappa shape index (κ1) is 18.9. The molecule has 1 heterocycles. The molecule has 2 rings (SSSR count). The molecule has 25 heavy (non-hydrogen) atoms. The van der Waals surface area contributed by atoms with Gasteiger partial charge in [0.2, 0.25) is 15.9 Å². The number of carbonyl (C=O) groups excluding carboxylic acids is 1. The highest BCUT2D eigenvalue weighted by Gasteiger charge is 2.21. The van der Waals surface area contributed by atoms with Crippen LogP contribution < -0.4 is 14.8 Å². The topological polar surface area (TPSA) is 102 Å². The van der Waals surface area contributed by atoms with Crippen molar-refractivity contribution in [3.63, 3.8) is 0 Å². The fourth-order valence-corrected chi connectivity index (χ4v) is 3.36. The Labute approximate surface area is 147 Å². The van der Waals surface area contributed by atoms with Gasteiger partial charge in [0.05, 0.1) is 24.4 Å². The molecule has 1 atom stereocenters. The molecule has 0 bridgehead atoms. The van der Waals surface area contributed by atoms with Crippen LogP contribution in [0.2, 0.25) is 0 Å². The number of nitrogens with one attached hydrogen (secondary N) is 2. The summed E-state index contributed by atoms with van der Waals surface area (Å²) in [5.74, 6) is 0.186. The molecule has 9 heteroatoms. The predicted octanol–water partition coefficient (Wildman–Crippen LogP) is 0.765. The fourth-order valence-electron chi connectivity index (χ4n) is 2.15. The molecule has 0 saturated heterocycles. The van der Waals surface area contributed by atoms with Crippen LogP contribution >= 0.6 is 0 Å². The van der Waals surface area contributed by atoms with Crippen LogP contribution in [0, 0.1) is 0 Å². The number of hydrogen-bond acceptors (Lipinski definition) is 5. The maximum absolute atomic E-state index is 12.3. The van der Waals surface area contributed by atoms with Crippen LogP contribution in [-0.4, -0.2) is 43.6 Å². The molecule has 1 aromatic carbocycles. The Bertz CT molecular complexity index is 773. The van der Waals surface area contributed by atoms with Gasteiger partial charge in [-0.05, 0) is 37.6 Å². The van der Waals surface area contributed by atoms with E-state index >= 15 is 0 Å². The number of hydrogen-bond donors (Lipinski definition) is 2. The Kier molecular flexibility index (Phi) is 6.54. The lowest BCUT2D eigenvalue weighted by molar-refractivity contribution is -0.122. The highest BCUT2D eigenvalue weighted by atomic mass is 32.2. The second kappa shape index (κ2) is 8.63.